The van der Waals surface area contributed by atoms with Gasteiger partial charge in [0.05, 0.1) is 0 Å². The van der Waals surface area contributed by atoms with E-state index in [2.05, 4.69) is 53.8 Å². The molecule has 2 aromatic rings. The Labute approximate surface area is 203 Å². The molecule has 1 aliphatic rings. The van der Waals surface area contributed by atoms with E-state index >= 15 is 0 Å². The maximum atomic E-state index is 4.66. The van der Waals surface area contributed by atoms with Gasteiger partial charge in [-0.25, -0.2) is 9.97 Å². The topological polar surface area (TPSA) is 25.8 Å². The van der Waals surface area contributed by atoms with Crippen molar-refractivity contribution in [1.82, 2.24) is 9.97 Å². The van der Waals surface area contributed by atoms with Gasteiger partial charge in [-0.15, -0.1) is 6.58 Å². The lowest BCUT2D eigenvalue weighted by Crippen LogP contribution is -2.13. The van der Waals surface area contributed by atoms with Crippen LogP contribution in [0, 0.1) is 5.92 Å². The Morgan fingerprint density at radius 3 is 2.15 bits per heavy atom. The van der Waals surface area contributed by atoms with E-state index < -0.39 is 0 Å². The van der Waals surface area contributed by atoms with Crippen molar-refractivity contribution in [3.8, 4) is 11.4 Å². The molecule has 0 radical (unpaired) electrons. The summed E-state index contributed by atoms with van der Waals surface area (Å²) in [7, 11) is 0. The van der Waals surface area contributed by atoms with Gasteiger partial charge in [-0.1, -0.05) is 88.6 Å². The van der Waals surface area contributed by atoms with E-state index in [1.54, 1.807) is 0 Å². The van der Waals surface area contributed by atoms with Crippen LogP contribution in [-0.2, 0) is 6.42 Å². The number of unbranched alkanes of at least 4 members (excludes halogenated alkanes) is 8. The van der Waals surface area contributed by atoms with Crippen LogP contribution in [0.1, 0.15) is 120 Å². The maximum absolute atomic E-state index is 4.66. The Morgan fingerprint density at radius 1 is 0.818 bits per heavy atom. The number of hydrogen-bond acceptors (Lipinski definition) is 2. The van der Waals surface area contributed by atoms with Gasteiger partial charge < -0.3 is 0 Å². The fraction of sp³-hybridized carbons (Fsp3) is 0.613. The summed E-state index contributed by atoms with van der Waals surface area (Å²) in [6, 6.07) is 9.09. The van der Waals surface area contributed by atoms with Crippen LogP contribution in [0.15, 0.2) is 49.3 Å². The summed E-state index contributed by atoms with van der Waals surface area (Å²) < 4.78 is 0. The Balaban J connectivity index is 1.39. The lowest BCUT2D eigenvalue weighted by molar-refractivity contribution is 0.303. The lowest BCUT2D eigenvalue weighted by atomic mass is 9.77. The van der Waals surface area contributed by atoms with Gasteiger partial charge in [-0.2, -0.15) is 0 Å². The van der Waals surface area contributed by atoms with Gasteiger partial charge in [0, 0.05) is 18.0 Å². The van der Waals surface area contributed by atoms with Crippen LogP contribution in [0.4, 0.5) is 0 Å². The van der Waals surface area contributed by atoms with Gasteiger partial charge in [-0.05, 0) is 74.3 Å². The first kappa shape index (κ1) is 25.7. The molecule has 180 valence electrons. The monoisotopic (exact) mass is 446 g/mol. The molecule has 0 amide bonds. The zero-order chi connectivity index (χ0) is 23.1. The quantitative estimate of drug-likeness (QED) is 0.201. The number of benzene rings is 1. The average Bonchev–Trinajstić information content (AvgIpc) is 2.87. The normalized spacial score (nSPS) is 18.3. The molecule has 1 aromatic heterocycles. The van der Waals surface area contributed by atoms with Gasteiger partial charge >= 0.3 is 0 Å². The van der Waals surface area contributed by atoms with Crippen molar-refractivity contribution < 1.29 is 0 Å². The molecule has 0 aliphatic heterocycles. The Bertz CT molecular complexity index is 770. The first-order valence-electron chi connectivity index (χ1n) is 13.8. The van der Waals surface area contributed by atoms with E-state index in [1.807, 2.05) is 12.4 Å². The summed E-state index contributed by atoms with van der Waals surface area (Å²) in [5.74, 6) is 2.53. The first-order chi connectivity index (χ1) is 16.3. The van der Waals surface area contributed by atoms with Crippen molar-refractivity contribution in [2.45, 2.75) is 116 Å². The highest BCUT2D eigenvalue weighted by Crippen LogP contribution is 2.38. The number of aryl methyl sites for hydroxylation is 1. The average molecular weight is 447 g/mol. The molecule has 0 N–H and O–H groups in total. The molecule has 1 fully saturated rings. The minimum Gasteiger partial charge on any atom is -0.236 e. The van der Waals surface area contributed by atoms with Crippen molar-refractivity contribution in [3.05, 3.63) is 60.4 Å². The highest BCUT2D eigenvalue weighted by atomic mass is 14.9. The summed E-state index contributed by atoms with van der Waals surface area (Å²) in [6.45, 7) is 6.11. The van der Waals surface area contributed by atoms with E-state index in [4.69, 9.17) is 0 Å². The lowest BCUT2D eigenvalue weighted by Gasteiger charge is -2.29. The Morgan fingerprint density at radius 2 is 1.48 bits per heavy atom. The number of allylic oxidation sites excluding steroid dienone is 1. The second-order valence-corrected chi connectivity index (χ2v) is 10.2. The molecular formula is C31H46N2. The van der Waals surface area contributed by atoms with Crippen LogP contribution < -0.4 is 0 Å². The fourth-order valence-corrected chi connectivity index (χ4v) is 5.33. The minimum absolute atomic E-state index is 0.730. The Hall–Kier alpha value is -1.96. The van der Waals surface area contributed by atoms with Crippen molar-refractivity contribution in [2.24, 2.45) is 5.92 Å². The number of hydrogen-bond donors (Lipinski definition) is 0. The van der Waals surface area contributed by atoms with Crippen molar-refractivity contribution in [1.29, 1.82) is 0 Å². The van der Waals surface area contributed by atoms with Crippen LogP contribution in [0.5, 0.6) is 0 Å². The van der Waals surface area contributed by atoms with Crippen LogP contribution in [0.3, 0.4) is 0 Å². The predicted molar refractivity (Wildman–Crippen MR) is 143 cm³/mol. The smallest absolute Gasteiger partial charge is 0.159 e. The SMILES string of the molecule is C=CCCCCC1CCC(c2ccc(-c3ncc(CCCCCCCCC)cn3)cc2)CC1. The molecule has 2 nitrogen and oxygen atoms in total. The largest absolute Gasteiger partial charge is 0.236 e. The molecule has 0 unspecified atom stereocenters. The second kappa shape index (κ2) is 15.0. The van der Waals surface area contributed by atoms with E-state index in [9.17, 15) is 0 Å². The highest BCUT2D eigenvalue weighted by molar-refractivity contribution is 5.55. The predicted octanol–water partition coefficient (Wildman–Crippen LogP) is 9.46. The molecule has 1 aliphatic carbocycles. The van der Waals surface area contributed by atoms with Gasteiger partial charge in [0.1, 0.15) is 0 Å². The standard InChI is InChI=1S/C31H46N2/c1-3-5-7-9-10-11-13-15-27-24-32-31(33-25-27)30-22-20-29(21-23-30)28-18-16-26(17-19-28)14-12-8-6-4-2/h4,20-26,28H,2-3,5-19H2,1H3. The van der Waals surface area contributed by atoms with Crippen molar-refractivity contribution >= 4 is 0 Å². The van der Waals surface area contributed by atoms with Gasteiger partial charge in [0.15, 0.2) is 5.82 Å². The first-order valence-corrected chi connectivity index (χ1v) is 13.8. The maximum Gasteiger partial charge on any atom is 0.159 e. The van der Waals surface area contributed by atoms with Crippen LogP contribution in [0.2, 0.25) is 0 Å². The molecule has 0 bridgehead atoms. The number of rotatable bonds is 15. The summed E-state index contributed by atoms with van der Waals surface area (Å²) in [5.41, 5.74) is 3.90. The third kappa shape index (κ3) is 9.07. The van der Waals surface area contributed by atoms with Gasteiger partial charge in [0.2, 0.25) is 0 Å². The summed E-state index contributed by atoms with van der Waals surface area (Å²) >= 11 is 0. The van der Waals surface area contributed by atoms with Crippen molar-refractivity contribution in [2.75, 3.05) is 0 Å². The molecule has 0 spiro atoms. The third-order valence-corrected chi connectivity index (χ3v) is 7.53. The third-order valence-electron chi connectivity index (χ3n) is 7.53. The molecular weight excluding hydrogens is 400 g/mol. The van der Waals surface area contributed by atoms with Crippen LogP contribution in [-0.4, -0.2) is 9.97 Å². The molecule has 3 rings (SSSR count). The van der Waals surface area contributed by atoms with Crippen LogP contribution in [0.25, 0.3) is 11.4 Å². The van der Waals surface area contributed by atoms with E-state index in [-0.39, 0.29) is 0 Å². The van der Waals surface area contributed by atoms with Crippen molar-refractivity contribution in [3.63, 3.8) is 0 Å². The molecule has 33 heavy (non-hydrogen) atoms. The fourth-order valence-electron chi connectivity index (χ4n) is 5.33. The zero-order valence-corrected chi connectivity index (χ0v) is 21.1. The highest BCUT2D eigenvalue weighted by Gasteiger charge is 2.22. The summed E-state index contributed by atoms with van der Waals surface area (Å²) in [6.07, 6.45) is 27.4. The number of nitrogens with zero attached hydrogens (tertiary/aromatic N) is 2. The molecule has 0 saturated heterocycles. The van der Waals surface area contributed by atoms with E-state index in [1.165, 1.54) is 107 Å². The van der Waals surface area contributed by atoms with Gasteiger partial charge in [-0.3, -0.25) is 0 Å². The summed E-state index contributed by atoms with van der Waals surface area (Å²) in [5, 5.41) is 0. The number of aromatic nitrogens is 2. The second-order valence-electron chi connectivity index (χ2n) is 10.2. The van der Waals surface area contributed by atoms with Gasteiger partial charge in [0.25, 0.3) is 0 Å². The van der Waals surface area contributed by atoms with E-state index in [0.29, 0.717) is 0 Å². The molecule has 1 heterocycles. The van der Waals surface area contributed by atoms with E-state index in [0.717, 1.165) is 29.6 Å². The summed E-state index contributed by atoms with van der Waals surface area (Å²) in [4.78, 5) is 9.33. The zero-order valence-electron chi connectivity index (χ0n) is 21.1. The molecule has 1 aromatic carbocycles. The Kier molecular flexibility index (Phi) is 11.7. The van der Waals surface area contributed by atoms with Crippen LogP contribution >= 0.6 is 0 Å². The molecule has 1 saturated carbocycles. The molecule has 0 atom stereocenters. The molecule has 2 heteroatoms. The minimum atomic E-state index is 0.730.